The molecule has 1 saturated heterocycles. The highest BCUT2D eigenvalue weighted by Gasteiger charge is 2.36. The van der Waals surface area contributed by atoms with Crippen molar-refractivity contribution in [1.82, 2.24) is 9.88 Å². The Labute approximate surface area is 113 Å². The van der Waals surface area contributed by atoms with Crippen molar-refractivity contribution in [3.05, 3.63) is 23.5 Å². The minimum absolute atomic E-state index is 0.0521. The van der Waals surface area contributed by atoms with Gasteiger partial charge in [0, 0.05) is 32.1 Å². The van der Waals surface area contributed by atoms with Crippen molar-refractivity contribution in [3.63, 3.8) is 0 Å². The van der Waals surface area contributed by atoms with E-state index in [1.54, 1.807) is 13.3 Å². The zero-order valence-corrected chi connectivity index (χ0v) is 12.0. The van der Waals surface area contributed by atoms with Gasteiger partial charge in [0.1, 0.15) is 0 Å². The maximum atomic E-state index is 12.5. The molecule has 1 aromatic heterocycles. The molecule has 1 amide bonds. The van der Waals surface area contributed by atoms with Crippen LogP contribution in [0.1, 0.15) is 29.9 Å². The van der Waals surface area contributed by atoms with E-state index in [0.29, 0.717) is 19.7 Å². The number of nitrogens with zero attached hydrogens (tertiary/aromatic N) is 1. The highest BCUT2D eigenvalue weighted by molar-refractivity contribution is 5.95. The van der Waals surface area contributed by atoms with E-state index in [4.69, 9.17) is 9.47 Å². The van der Waals surface area contributed by atoms with Crippen LogP contribution in [0.2, 0.25) is 0 Å². The molecule has 2 rings (SSSR count). The summed E-state index contributed by atoms with van der Waals surface area (Å²) >= 11 is 0. The van der Waals surface area contributed by atoms with Gasteiger partial charge in [-0.15, -0.1) is 0 Å². The van der Waals surface area contributed by atoms with Crippen molar-refractivity contribution in [3.8, 4) is 0 Å². The number of H-pyrrole nitrogens is 1. The number of methoxy groups -OCH3 is 1. The Kier molecular flexibility index (Phi) is 3.96. The lowest BCUT2D eigenvalue weighted by Crippen LogP contribution is -2.55. The number of hydrogen-bond donors (Lipinski definition) is 1. The SMILES string of the molecule is COC[C@H]1CN(C(=O)c2cc[nH]c2C)CC(C)(C)O1. The average Bonchev–Trinajstić information content (AvgIpc) is 2.73. The number of rotatable bonds is 3. The summed E-state index contributed by atoms with van der Waals surface area (Å²) in [4.78, 5) is 17.4. The molecule has 5 nitrogen and oxygen atoms in total. The molecule has 0 aromatic carbocycles. The molecule has 1 aliphatic rings. The van der Waals surface area contributed by atoms with Crippen LogP contribution in [0.4, 0.5) is 0 Å². The molecule has 1 N–H and O–H groups in total. The monoisotopic (exact) mass is 266 g/mol. The number of morpholine rings is 1. The first kappa shape index (κ1) is 14.1. The Hall–Kier alpha value is -1.33. The summed E-state index contributed by atoms with van der Waals surface area (Å²) in [5.41, 5.74) is 1.29. The lowest BCUT2D eigenvalue weighted by molar-refractivity contribution is -0.143. The molecule has 1 fully saturated rings. The Morgan fingerprint density at radius 1 is 1.63 bits per heavy atom. The predicted molar refractivity (Wildman–Crippen MR) is 72.3 cm³/mol. The van der Waals surface area contributed by atoms with E-state index in [2.05, 4.69) is 4.98 Å². The zero-order chi connectivity index (χ0) is 14.0. The van der Waals surface area contributed by atoms with Gasteiger partial charge >= 0.3 is 0 Å². The summed E-state index contributed by atoms with van der Waals surface area (Å²) in [6, 6.07) is 1.82. The van der Waals surface area contributed by atoms with Crippen LogP contribution in [0.5, 0.6) is 0 Å². The Balaban J connectivity index is 2.15. The molecule has 0 radical (unpaired) electrons. The van der Waals surface area contributed by atoms with Gasteiger partial charge < -0.3 is 19.4 Å². The summed E-state index contributed by atoms with van der Waals surface area (Å²) in [6.45, 7) is 7.57. The quantitative estimate of drug-likeness (QED) is 0.904. The van der Waals surface area contributed by atoms with Crippen molar-refractivity contribution in [2.75, 3.05) is 26.8 Å². The minimum Gasteiger partial charge on any atom is -0.382 e. The average molecular weight is 266 g/mol. The number of carbonyl (C=O) groups excluding carboxylic acids is 1. The summed E-state index contributed by atoms with van der Waals surface area (Å²) in [5, 5.41) is 0. The van der Waals surface area contributed by atoms with Gasteiger partial charge in [-0.3, -0.25) is 4.79 Å². The Morgan fingerprint density at radius 3 is 2.95 bits per heavy atom. The molecule has 0 bridgehead atoms. The van der Waals surface area contributed by atoms with E-state index < -0.39 is 0 Å². The first-order chi connectivity index (χ1) is 8.93. The van der Waals surface area contributed by atoms with Crippen LogP contribution in [0, 0.1) is 6.92 Å². The molecule has 5 heteroatoms. The second-order valence-corrected chi connectivity index (χ2v) is 5.66. The van der Waals surface area contributed by atoms with Crippen molar-refractivity contribution in [2.45, 2.75) is 32.5 Å². The number of aromatic nitrogens is 1. The lowest BCUT2D eigenvalue weighted by atomic mass is 10.0. The van der Waals surface area contributed by atoms with E-state index in [1.807, 2.05) is 31.7 Å². The van der Waals surface area contributed by atoms with Crippen LogP contribution in [0.25, 0.3) is 0 Å². The zero-order valence-electron chi connectivity index (χ0n) is 12.0. The normalized spacial score (nSPS) is 22.5. The predicted octanol–water partition coefficient (Wildman–Crippen LogP) is 1.59. The van der Waals surface area contributed by atoms with Crippen LogP contribution in [0.15, 0.2) is 12.3 Å². The van der Waals surface area contributed by atoms with Gasteiger partial charge in [-0.1, -0.05) is 0 Å². The number of nitrogens with one attached hydrogen (secondary N) is 1. The molecular weight excluding hydrogens is 244 g/mol. The molecule has 0 spiro atoms. The van der Waals surface area contributed by atoms with Crippen molar-refractivity contribution in [2.24, 2.45) is 0 Å². The summed E-state index contributed by atoms with van der Waals surface area (Å²) in [7, 11) is 1.65. The van der Waals surface area contributed by atoms with E-state index in [0.717, 1.165) is 11.3 Å². The third kappa shape index (κ3) is 3.16. The highest BCUT2D eigenvalue weighted by Crippen LogP contribution is 2.23. The number of aromatic amines is 1. The second-order valence-electron chi connectivity index (χ2n) is 5.66. The molecule has 106 valence electrons. The summed E-state index contributed by atoms with van der Waals surface area (Å²) < 4.78 is 11.1. The molecule has 19 heavy (non-hydrogen) atoms. The van der Waals surface area contributed by atoms with Gasteiger partial charge in [0.2, 0.25) is 0 Å². The number of amides is 1. The largest absolute Gasteiger partial charge is 0.382 e. The number of ether oxygens (including phenoxy) is 2. The highest BCUT2D eigenvalue weighted by atomic mass is 16.5. The van der Waals surface area contributed by atoms with Gasteiger partial charge in [0.15, 0.2) is 0 Å². The molecule has 1 atom stereocenters. The molecule has 1 aromatic rings. The lowest BCUT2D eigenvalue weighted by Gasteiger charge is -2.42. The van der Waals surface area contributed by atoms with Crippen LogP contribution >= 0.6 is 0 Å². The molecule has 0 saturated carbocycles. The maximum Gasteiger partial charge on any atom is 0.255 e. The molecule has 0 unspecified atom stereocenters. The smallest absolute Gasteiger partial charge is 0.255 e. The topological polar surface area (TPSA) is 54.6 Å². The van der Waals surface area contributed by atoms with Crippen molar-refractivity contribution in [1.29, 1.82) is 0 Å². The fourth-order valence-electron chi connectivity index (χ4n) is 2.58. The first-order valence-corrected chi connectivity index (χ1v) is 6.53. The fourth-order valence-corrected chi connectivity index (χ4v) is 2.58. The third-order valence-electron chi connectivity index (χ3n) is 3.31. The number of carbonyl (C=O) groups is 1. The molecular formula is C14H22N2O3. The first-order valence-electron chi connectivity index (χ1n) is 6.53. The Morgan fingerprint density at radius 2 is 2.37 bits per heavy atom. The second kappa shape index (κ2) is 5.35. The molecule has 1 aliphatic heterocycles. The standard InChI is InChI=1S/C14H22N2O3/c1-10-12(5-6-15-10)13(17)16-7-11(8-18-4)19-14(2,3)9-16/h5-6,11,15H,7-9H2,1-4H3/t11-/m1/s1. The Bertz CT molecular complexity index is 453. The number of hydrogen-bond acceptors (Lipinski definition) is 3. The maximum absolute atomic E-state index is 12.5. The molecule has 0 aliphatic carbocycles. The minimum atomic E-state index is -0.346. The van der Waals surface area contributed by atoms with Crippen molar-refractivity contribution >= 4 is 5.91 Å². The van der Waals surface area contributed by atoms with Gasteiger partial charge in [0.05, 0.1) is 23.9 Å². The van der Waals surface area contributed by atoms with Gasteiger partial charge in [0.25, 0.3) is 5.91 Å². The van der Waals surface area contributed by atoms with Crippen LogP contribution < -0.4 is 0 Å². The fraction of sp³-hybridized carbons (Fsp3) is 0.643. The third-order valence-corrected chi connectivity index (χ3v) is 3.31. The number of aryl methyl sites for hydroxylation is 1. The van der Waals surface area contributed by atoms with Crippen molar-refractivity contribution < 1.29 is 14.3 Å². The summed E-state index contributed by atoms with van der Waals surface area (Å²) in [6.07, 6.45) is 1.72. The van der Waals surface area contributed by atoms with E-state index >= 15 is 0 Å². The van der Waals surface area contributed by atoms with Crippen LogP contribution in [-0.4, -0.2) is 54.3 Å². The van der Waals surface area contributed by atoms with E-state index in [-0.39, 0.29) is 17.6 Å². The van der Waals surface area contributed by atoms with Crippen LogP contribution in [0.3, 0.4) is 0 Å². The molecule has 2 heterocycles. The summed E-state index contributed by atoms with van der Waals surface area (Å²) in [5.74, 6) is 0.0521. The van der Waals surface area contributed by atoms with Gasteiger partial charge in [-0.2, -0.15) is 0 Å². The van der Waals surface area contributed by atoms with E-state index in [1.165, 1.54) is 0 Å². The van der Waals surface area contributed by atoms with Gasteiger partial charge in [-0.05, 0) is 26.8 Å². The van der Waals surface area contributed by atoms with Gasteiger partial charge in [-0.25, -0.2) is 0 Å². The van der Waals surface area contributed by atoms with Crippen LogP contribution in [-0.2, 0) is 9.47 Å². The van der Waals surface area contributed by atoms with E-state index in [9.17, 15) is 4.79 Å².